The quantitative estimate of drug-likeness (QED) is 0.251. The lowest BCUT2D eigenvalue weighted by atomic mass is 9.97. The second-order valence-electron chi connectivity index (χ2n) is 6.73. The number of aryl methyl sites for hydroxylation is 1. The summed E-state index contributed by atoms with van der Waals surface area (Å²) in [6.45, 7) is 6.75. The van der Waals surface area contributed by atoms with Gasteiger partial charge in [0.15, 0.2) is 0 Å². The van der Waals surface area contributed by atoms with Crippen LogP contribution in [0.1, 0.15) is 44.2 Å². The van der Waals surface area contributed by atoms with Crippen LogP contribution in [-0.4, -0.2) is 13.6 Å². The highest BCUT2D eigenvalue weighted by atomic mass is 16.5. The van der Waals surface area contributed by atoms with E-state index in [0.717, 1.165) is 30.6 Å². The number of rotatable bonds is 10. The molecule has 0 heterocycles. The molecule has 1 aliphatic carbocycles. The molecule has 0 amide bonds. The first-order chi connectivity index (χ1) is 14.6. The van der Waals surface area contributed by atoms with Crippen molar-refractivity contribution in [3.8, 4) is 5.75 Å². The maximum Gasteiger partial charge on any atom is 0.298 e. The summed E-state index contributed by atoms with van der Waals surface area (Å²) >= 11 is 0. The normalized spacial score (nSPS) is 14.8. The number of carbonyl (C=O) groups is 1. The Kier molecular flexibility index (Phi) is 9.46. The molecule has 158 valence electrons. The Bertz CT molecular complexity index is 911. The summed E-state index contributed by atoms with van der Waals surface area (Å²) in [5.41, 5.74) is 6.08. The average molecular weight is 407 g/mol. The van der Waals surface area contributed by atoms with Crippen molar-refractivity contribution in [2.45, 2.75) is 40.0 Å². The van der Waals surface area contributed by atoms with Gasteiger partial charge in [0, 0.05) is 0 Å². The van der Waals surface area contributed by atoms with Crippen molar-refractivity contribution in [1.82, 2.24) is 0 Å². The summed E-state index contributed by atoms with van der Waals surface area (Å²) in [6, 6.07) is 6.31. The highest BCUT2D eigenvalue weighted by molar-refractivity contribution is 5.69. The predicted molar refractivity (Wildman–Crippen MR) is 122 cm³/mol. The Morgan fingerprint density at radius 2 is 1.80 bits per heavy atom. The first-order valence-electron chi connectivity index (χ1n) is 10.2. The smallest absolute Gasteiger partial charge is 0.298 e. The lowest BCUT2D eigenvalue weighted by Gasteiger charge is -2.10. The summed E-state index contributed by atoms with van der Waals surface area (Å²) in [4.78, 5) is 10.1. The van der Waals surface area contributed by atoms with E-state index in [1.165, 1.54) is 34.8 Å². The molecular formula is C26H30O4. The maximum absolute atomic E-state index is 10.1. The minimum atomic E-state index is 0.348. The molecule has 1 aromatic rings. The van der Waals surface area contributed by atoms with E-state index in [0.29, 0.717) is 12.2 Å². The third kappa shape index (κ3) is 6.66. The molecule has 0 saturated heterocycles. The molecule has 1 aliphatic rings. The standard InChI is InChI=1S/C26H30O4/c1-5-21(23-8-7-9-25(14-12-23)30-17-16-29-19-27)10-11-22(6-2)24-13-15-26(28-4)20(3)18-24/h8-19H,5-7H2,1-4H3/b17-16-,21-10+,22-11+. The summed E-state index contributed by atoms with van der Waals surface area (Å²) in [7, 11) is 1.70. The third-order valence-electron chi connectivity index (χ3n) is 4.86. The molecule has 0 spiro atoms. The van der Waals surface area contributed by atoms with Gasteiger partial charge in [0.2, 0.25) is 0 Å². The average Bonchev–Trinajstić information content (AvgIpc) is 3.00. The van der Waals surface area contributed by atoms with Crippen LogP contribution in [0.25, 0.3) is 5.57 Å². The van der Waals surface area contributed by atoms with Gasteiger partial charge in [0.1, 0.15) is 24.0 Å². The van der Waals surface area contributed by atoms with Crippen molar-refractivity contribution in [2.24, 2.45) is 0 Å². The monoisotopic (exact) mass is 406 g/mol. The molecule has 30 heavy (non-hydrogen) atoms. The molecule has 0 aliphatic heterocycles. The van der Waals surface area contributed by atoms with Gasteiger partial charge in [-0.3, -0.25) is 4.79 Å². The SMILES string of the molecule is CC/C(=C\C=C(/CC)c1ccc(OC)c(C)c1)C1=CCC=C(O/C=C\OC=O)C=C1. The molecule has 1 aromatic carbocycles. The van der Waals surface area contributed by atoms with Gasteiger partial charge in [0.05, 0.1) is 7.11 Å². The fourth-order valence-electron chi connectivity index (χ4n) is 3.22. The lowest BCUT2D eigenvalue weighted by molar-refractivity contribution is -0.123. The molecule has 4 heteroatoms. The number of ether oxygens (including phenoxy) is 3. The van der Waals surface area contributed by atoms with Gasteiger partial charge in [0.25, 0.3) is 6.47 Å². The zero-order valence-corrected chi connectivity index (χ0v) is 18.2. The van der Waals surface area contributed by atoms with Gasteiger partial charge in [-0.05, 0) is 78.3 Å². The van der Waals surface area contributed by atoms with Gasteiger partial charge in [-0.1, -0.05) is 44.2 Å². The second-order valence-corrected chi connectivity index (χ2v) is 6.73. The fraction of sp³-hybridized carbons (Fsp3) is 0.269. The van der Waals surface area contributed by atoms with Crippen molar-refractivity contribution < 1.29 is 19.0 Å². The van der Waals surface area contributed by atoms with Gasteiger partial charge in [-0.25, -0.2) is 0 Å². The van der Waals surface area contributed by atoms with E-state index in [2.05, 4.69) is 61.9 Å². The highest BCUT2D eigenvalue weighted by Crippen LogP contribution is 2.26. The van der Waals surface area contributed by atoms with Gasteiger partial charge < -0.3 is 14.2 Å². The minimum Gasteiger partial charge on any atom is -0.496 e. The van der Waals surface area contributed by atoms with Crippen molar-refractivity contribution >= 4 is 12.0 Å². The van der Waals surface area contributed by atoms with E-state index in [1.807, 2.05) is 18.2 Å². The van der Waals surface area contributed by atoms with Gasteiger partial charge in [-0.2, -0.15) is 0 Å². The number of hydrogen-bond donors (Lipinski definition) is 0. The molecule has 0 saturated carbocycles. The Morgan fingerprint density at radius 3 is 2.47 bits per heavy atom. The fourth-order valence-corrected chi connectivity index (χ4v) is 3.22. The van der Waals surface area contributed by atoms with Gasteiger partial charge >= 0.3 is 0 Å². The second kappa shape index (κ2) is 12.3. The summed E-state index contributed by atoms with van der Waals surface area (Å²) in [6.07, 6.45) is 17.7. The zero-order chi connectivity index (χ0) is 21.8. The lowest BCUT2D eigenvalue weighted by Crippen LogP contribution is -1.90. The van der Waals surface area contributed by atoms with E-state index in [-0.39, 0.29) is 0 Å². The van der Waals surface area contributed by atoms with Gasteiger partial charge in [-0.15, -0.1) is 0 Å². The van der Waals surface area contributed by atoms with E-state index >= 15 is 0 Å². The molecular weight excluding hydrogens is 376 g/mol. The van der Waals surface area contributed by atoms with E-state index in [1.54, 1.807) is 7.11 Å². The molecule has 0 aromatic heterocycles. The van der Waals surface area contributed by atoms with Crippen molar-refractivity contribution in [2.75, 3.05) is 7.11 Å². The highest BCUT2D eigenvalue weighted by Gasteiger charge is 2.06. The number of methoxy groups -OCH3 is 1. The van der Waals surface area contributed by atoms with Crippen LogP contribution in [0.5, 0.6) is 5.75 Å². The maximum atomic E-state index is 10.1. The van der Waals surface area contributed by atoms with E-state index in [9.17, 15) is 4.79 Å². The number of benzene rings is 1. The number of hydrogen-bond acceptors (Lipinski definition) is 4. The van der Waals surface area contributed by atoms with Crippen LogP contribution in [0, 0.1) is 6.92 Å². The van der Waals surface area contributed by atoms with Crippen molar-refractivity contribution in [3.05, 3.63) is 95.2 Å². The Hall–Kier alpha value is -3.27. The van der Waals surface area contributed by atoms with Crippen LogP contribution in [0.15, 0.2) is 84.1 Å². The number of carbonyl (C=O) groups excluding carboxylic acids is 1. The molecule has 0 fully saturated rings. The van der Waals surface area contributed by atoms with Crippen LogP contribution >= 0.6 is 0 Å². The Labute approximate surface area is 179 Å². The molecule has 0 N–H and O–H groups in total. The summed E-state index contributed by atoms with van der Waals surface area (Å²) in [5, 5.41) is 0. The van der Waals surface area contributed by atoms with Crippen LogP contribution in [-0.2, 0) is 14.3 Å². The van der Waals surface area contributed by atoms with Crippen LogP contribution < -0.4 is 4.74 Å². The van der Waals surface area contributed by atoms with Crippen LogP contribution in [0.2, 0.25) is 0 Å². The Morgan fingerprint density at radius 1 is 1.03 bits per heavy atom. The van der Waals surface area contributed by atoms with E-state index in [4.69, 9.17) is 9.47 Å². The molecule has 4 nitrogen and oxygen atoms in total. The summed E-state index contributed by atoms with van der Waals surface area (Å²) in [5.74, 6) is 1.62. The predicted octanol–water partition coefficient (Wildman–Crippen LogP) is 6.56. The number of allylic oxidation sites excluding steroid dienone is 9. The molecule has 2 rings (SSSR count). The van der Waals surface area contributed by atoms with E-state index < -0.39 is 0 Å². The first kappa shape index (κ1) is 23.0. The molecule has 0 atom stereocenters. The van der Waals surface area contributed by atoms with Crippen LogP contribution in [0.3, 0.4) is 0 Å². The van der Waals surface area contributed by atoms with Crippen molar-refractivity contribution in [3.63, 3.8) is 0 Å². The molecule has 0 radical (unpaired) electrons. The first-order valence-corrected chi connectivity index (χ1v) is 10.2. The third-order valence-corrected chi connectivity index (χ3v) is 4.86. The van der Waals surface area contributed by atoms with Crippen molar-refractivity contribution in [1.29, 1.82) is 0 Å². The summed E-state index contributed by atoms with van der Waals surface area (Å²) < 4.78 is 15.3. The molecule has 0 bridgehead atoms. The minimum absolute atomic E-state index is 0.348. The molecule has 0 unspecified atom stereocenters. The largest absolute Gasteiger partial charge is 0.496 e. The van der Waals surface area contributed by atoms with Crippen LogP contribution in [0.4, 0.5) is 0 Å². The topological polar surface area (TPSA) is 44.8 Å². The Balaban J connectivity index is 2.18. The zero-order valence-electron chi connectivity index (χ0n) is 18.2.